The van der Waals surface area contributed by atoms with Crippen LogP contribution in [0.1, 0.15) is 41.5 Å². The van der Waals surface area contributed by atoms with Crippen LogP contribution in [0.15, 0.2) is 18.2 Å². The van der Waals surface area contributed by atoms with E-state index in [9.17, 15) is 23.2 Å². The van der Waals surface area contributed by atoms with Gasteiger partial charge in [0.05, 0.1) is 12.3 Å². The molecule has 0 saturated carbocycles. The highest BCUT2D eigenvalue weighted by atomic mass is 19.3. The van der Waals surface area contributed by atoms with E-state index in [-0.39, 0.29) is 41.3 Å². The summed E-state index contributed by atoms with van der Waals surface area (Å²) in [5.74, 6) is -2.29. The van der Waals surface area contributed by atoms with Crippen molar-refractivity contribution in [3.8, 4) is 5.75 Å². The second-order valence-corrected chi connectivity index (χ2v) is 11.0. The number of benzene rings is 1. The van der Waals surface area contributed by atoms with Crippen LogP contribution in [-0.2, 0) is 19.1 Å². The van der Waals surface area contributed by atoms with Crippen LogP contribution in [-0.4, -0.2) is 68.1 Å². The molecule has 1 fully saturated rings. The minimum Gasteiger partial charge on any atom is -0.433 e. The van der Waals surface area contributed by atoms with E-state index >= 15 is 0 Å². The summed E-state index contributed by atoms with van der Waals surface area (Å²) in [4.78, 5) is 40.9. The van der Waals surface area contributed by atoms with E-state index in [2.05, 4.69) is 10.1 Å². The number of primary amides is 1. The first-order valence-corrected chi connectivity index (χ1v) is 11.4. The molecule has 0 spiro atoms. The Morgan fingerprint density at radius 2 is 1.77 bits per heavy atom. The number of anilines is 2. The highest BCUT2D eigenvalue weighted by Crippen LogP contribution is 2.32. The molecule has 1 atom stereocenters. The van der Waals surface area contributed by atoms with Gasteiger partial charge >= 0.3 is 6.61 Å². The van der Waals surface area contributed by atoms with Crippen LogP contribution in [0.25, 0.3) is 0 Å². The molecule has 1 saturated heterocycles. The van der Waals surface area contributed by atoms with Crippen molar-refractivity contribution in [1.82, 2.24) is 4.90 Å². The first-order chi connectivity index (χ1) is 16.1. The first-order valence-electron chi connectivity index (χ1n) is 11.4. The maximum absolute atomic E-state index is 13.3. The van der Waals surface area contributed by atoms with Crippen molar-refractivity contribution in [2.24, 2.45) is 16.6 Å². The van der Waals surface area contributed by atoms with E-state index in [1.54, 1.807) is 4.90 Å². The molecular formula is C24H36F2N4O5. The minimum atomic E-state index is -3.17. The smallest absolute Gasteiger partial charge is 0.387 e. The molecule has 0 unspecified atom stereocenters. The van der Waals surface area contributed by atoms with Crippen molar-refractivity contribution in [3.63, 3.8) is 0 Å². The summed E-state index contributed by atoms with van der Waals surface area (Å²) >= 11 is 0. The number of rotatable bonds is 9. The molecule has 2 rings (SSSR count). The number of carbonyl (C=O) groups is 3. The van der Waals surface area contributed by atoms with Gasteiger partial charge in [0, 0.05) is 31.4 Å². The van der Waals surface area contributed by atoms with Crippen LogP contribution in [0.4, 0.5) is 20.2 Å². The van der Waals surface area contributed by atoms with Crippen molar-refractivity contribution in [2.45, 2.75) is 54.2 Å². The fraction of sp³-hybridized carbons (Fsp3) is 0.625. The number of hydrogen-bond acceptors (Lipinski definition) is 6. The zero-order chi connectivity index (χ0) is 26.6. The summed E-state index contributed by atoms with van der Waals surface area (Å²) in [6, 6.07) is 2.75. The summed E-state index contributed by atoms with van der Waals surface area (Å²) < 4.78 is 36.0. The van der Waals surface area contributed by atoms with Gasteiger partial charge in [-0.25, -0.2) is 0 Å². The minimum absolute atomic E-state index is 0.0718. The summed E-state index contributed by atoms with van der Waals surface area (Å²) in [5, 5.41) is 2.52. The molecule has 11 heteroatoms. The number of nitrogens with one attached hydrogen (secondary N) is 1. The number of hydrogen-bond donors (Lipinski definition) is 2. The van der Waals surface area contributed by atoms with Gasteiger partial charge < -0.3 is 25.4 Å². The van der Waals surface area contributed by atoms with Gasteiger partial charge in [-0.1, -0.05) is 41.5 Å². The van der Waals surface area contributed by atoms with Gasteiger partial charge in [-0.05, 0) is 23.0 Å². The van der Waals surface area contributed by atoms with Gasteiger partial charge in [0.25, 0.3) is 11.8 Å². The van der Waals surface area contributed by atoms with Gasteiger partial charge in [0.1, 0.15) is 6.61 Å². The fourth-order valence-electron chi connectivity index (χ4n) is 3.90. The molecule has 3 N–H and O–H groups in total. The largest absolute Gasteiger partial charge is 0.433 e. The normalized spacial score (nSPS) is 15.9. The van der Waals surface area contributed by atoms with Gasteiger partial charge in [-0.3, -0.25) is 19.3 Å². The van der Waals surface area contributed by atoms with Crippen LogP contribution in [0, 0.1) is 10.8 Å². The lowest BCUT2D eigenvalue weighted by Gasteiger charge is -2.38. The number of nitrogens with two attached hydrogens (primary N) is 1. The van der Waals surface area contributed by atoms with Crippen LogP contribution >= 0.6 is 0 Å². The van der Waals surface area contributed by atoms with E-state index in [1.807, 2.05) is 41.5 Å². The molecule has 0 bridgehead atoms. The van der Waals surface area contributed by atoms with Crippen LogP contribution in [0.3, 0.4) is 0 Å². The molecule has 9 nitrogen and oxygen atoms in total. The second kappa shape index (κ2) is 11.3. The zero-order valence-electron chi connectivity index (χ0n) is 21.2. The van der Waals surface area contributed by atoms with Crippen molar-refractivity contribution >= 4 is 29.1 Å². The topological polar surface area (TPSA) is 114 Å². The quantitative estimate of drug-likeness (QED) is 0.506. The average molecular weight is 499 g/mol. The van der Waals surface area contributed by atoms with Gasteiger partial charge in [0.15, 0.2) is 11.8 Å². The van der Waals surface area contributed by atoms with E-state index in [0.29, 0.717) is 25.4 Å². The lowest BCUT2D eigenvalue weighted by molar-refractivity contribution is -0.133. The molecule has 1 aromatic rings. The standard InChI is InChI=1S/C24H36F2N4O5/c1-23(2,3)13-29(14-24(4,5)6)19(20(27)32)21(33)28-16-8-7-15(11-17(16)35-22(25)26)30-9-10-34-12-18(30)31/h7-8,11,19,22H,9-10,12-14H2,1-6H3,(H2,27,32)(H,28,33)/t19-/m1/s1. The number of amides is 3. The zero-order valence-corrected chi connectivity index (χ0v) is 21.2. The Kier molecular flexibility index (Phi) is 9.18. The highest BCUT2D eigenvalue weighted by molar-refractivity contribution is 6.10. The number of morpholine rings is 1. The molecule has 0 aliphatic carbocycles. The van der Waals surface area contributed by atoms with Crippen molar-refractivity contribution < 1.29 is 32.6 Å². The van der Waals surface area contributed by atoms with Gasteiger partial charge in [0.2, 0.25) is 5.91 Å². The molecule has 35 heavy (non-hydrogen) atoms. The Labute approximate surface area is 204 Å². The number of carbonyl (C=O) groups excluding carboxylic acids is 3. The maximum atomic E-state index is 13.3. The lowest BCUT2D eigenvalue weighted by Crippen LogP contribution is -2.56. The SMILES string of the molecule is CC(C)(C)CN(CC(C)(C)C)[C@H](C(N)=O)C(=O)Nc1ccc(N2CCOCC2=O)cc1OC(F)F. The summed E-state index contributed by atoms with van der Waals surface area (Å²) in [7, 11) is 0. The van der Waals surface area contributed by atoms with Crippen LogP contribution in [0.5, 0.6) is 5.75 Å². The number of halogens is 2. The summed E-state index contributed by atoms with van der Waals surface area (Å²) in [6.07, 6.45) is 0. The average Bonchev–Trinajstić information content (AvgIpc) is 2.66. The molecule has 0 radical (unpaired) electrons. The number of nitrogens with zero attached hydrogens (tertiary/aromatic N) is 2. The van der Waals surface area contributed by atoms with Crippen molar-refractivity contribution in [3.05, 3.63) is 18.2 Å². The predicted octanol–water partition coefficient (Wildman–Crippen LogP) is 2.84. The molecular weight excluding hydrogens is 462 g/mol. The Bertz CT molecular complexity index is 911. The van der Waals surface area contributed by atoms with Gasteiger partial charge in [-0.2, -0.15) is 8.78 Å². The number of ether oxygens (including phenoxy) is 2. The molecule has 196 valence electrons. The molecule has 1 aromatic carbocycles. The lowest BCUT2D eigenvalue weighted by atomic mass is 9.90. The van der Waals surface area contributed by atoms with Crippen molar-refractivity contribution in [2.75, 3.05) is 43.1 Å². The Hall–Kier alpha value is -2.79. The van der Waals surface area contributed by atoms with Crippen LogP contribution < -0.4 is 20.7 Å². The van der Waals surface area contributed by atoms with E-state index < -0.39 is 24.5 Å². The predicted molar refractivity (Wildman–Crippen MR) is 128 cm³/mol. The van der Waals surface area contributed by atoms with E-state index in [0.717, 1.165) is 0 Å². The van der Waals surface area contributed by atoms with Gasteiger partial charge in [-0.15, -0.1) is 0 Å². The molecule has 0 aromatic heterocycles. The second-order valence-electron chi connectivity index (χ2n) is 11.0. The molecule has 1 aliphatic rings. The monoisotopic (exact) mass is 498 g/mol. The van der Waals surface area contributed by atoms with E-state index in [4.69, 9.17) is 10.5 Å². The number of alkyl halides is 2. The summed E-state index contributed by atoms with van der Waals surface area (Å²) in [6.45, 7) is 9.86. The maximum Gasteiger partial charge on any atom is 0.387 e. The third-order valence-electron chi connectivity index (χ3n) is 4.97. The third-order valence-corrected chi connectivity index (χ3v) is 4.97. The third kappa shape index (κ3) is 8.74. The molecule has 1 aliphatic heterocycles. The Morgan fingerprint density at radius 1 is 1.17 bits per heavy atom. The Morgan fingerprint density at radius 3 is 2.26 bits per heavy atom. The highest BCUT2D eigenvalue weighted by Gasteiger charge is 2.36. The summed E-state index contributed by atoms with van der Waals surface area (Å²) in [5.41, 5.74) is 5.38. The van der Waals surface area contributed by atoms with Crippen LogP contribution in [0.2, 0.25) is 0 Å². The first kappa shape index (κ1) is 28.4. The fourth-order valence-corrected chi connectivity index (χ4v) is 3.90. The van der Waals surface area contributed by atoms with Crippen molar-refractivity contribution in [1.29, 1.82) is 0 Å². The Balaban J connectivity index is 2.38. The molecule has 1 heterocycles. The molecule has 3 amide bonds. The van der Waals surface area contributed by atoms with E-state index in [1.165, 1.54) is 23.1 Å².